The van der Waals surface area contributed by atoms with Crippen LogP contribution in [-0.4, -0.2) is 22.8 Å². The van der Waals surface area contributed by atoms with Crippen molar-refractivity contribution in [2.75, 3.05) is 0 Å². The average molecular weight is 382 g/mol. The summed E-state index contributed by atoms with van der Waals surface area (Å²) in [5, 5.41) is 19.6. The van der Waals surface area contributed by atoms with E-state index < -0.39 is 20.6 Å². The molecule has 0 unspecified atom stereocenters. The largest absolute Gasteiger partial charge is 0.744 e. The van der Waals surface area contributed by atoms with Crippen LogP contribution in [0.25, 0.3) is 5.69 Å². The van der Waals surface area contributed by atoms with Gasteiger partial charge in [0.15, 0.2) is 5.69 Å². The Labute approximate surface area is 154 Å². The summed E-state index contributed by atoms with van der Waals surface area (Å²) < 4.78 is 35.3. The molecule has 3 aromatic rings. The van der Waals surface area contributed by atoms with Gasteiger partial charge in [0.2, 0.25) is 0 Å². The Hall–Kier alpha value is -3.55. The molecule has 3 rings (SSSR count). The summed E-state index contributed by atoms with van der Waals surface area (Å²) in [6.07, 6.45) is 0. The van der Waals surface area contributed by atoms with Gasteiger partial charge in [-0.05, 0) is 31.2 Å². The number of nitrogens with one attached hydrogen (secondary N) is 1. The maximum Gasteiger partial charge on any atom is 0.299 e. The minimum Gasteiger partial charge on any atom is -0.744 e. The Kier molecular flexibility index (Phi) is 4.72. The lowest BCUT2D eigenvalue weighted by Crippen LogP contribution is -2.17. The molecule has 0 aliphatic rings. The molecular weight excluding hydrogens is 370 g/mol. The molecule has 0 spiro atoms. The Balaban J connectivity index is 2.12. The number of rotatable bonds is 4. The van der Waals surface area contributed by atoms with Crippen molar-refractivity contribution in [2.45, 2.75) is 11.8 Å². The minimum absolute atomic E-state index is 0.0687. The molecule has 0 aliphatic carbocycles. The first-order chi connectivity index (χ1) is 12.8. The quantitative estimate of drug-likeness (QED) is 0.545. The lowest BCUT2D eigenvalue weighted by atomic mass is 10.2. The fourth-order valence-corrected chi connectivity index (χ4v) is 3.10. The lowest BCUT2D eigenvalue weighted by molar-refractivity contribution is 0.462. The van der Waals surface area contributed by atoms with Crippen molar-refractivity contribution in [1.29, 1.82) is 5.26 Å². The summed E-state index contributed by atoms with van der Waals surface area (Å²) in [5.74, 6) is 0. The maximum absolute atomic E-state index is 12.7. The van der Waals surface area contributed by atoms with E-state index in [2.05, 4.69) is 15.3 Å². The Morgan fingerprint density at radius 2 is 1.78 bits per heavy atom. The number of hydrogen-bond donors (Lipinski definition) is 1. The molecule has 1 aromatic heterocycles. The standard InChI is InChI=1S/C17H13N5O4S/c1-11-16(20-19-13-7-3-2-6-12(13)10-18)17(23)22(21-11)14-8-4-5-9-15(14)27(24,25)26/h2-9,21H,1H3,(H,24,25,26)/p-1. The van der Waals surface area contributed by atoms with Crippen LogP contribution in [0.15, 0.2) is 68.4 Å². The van der Waals surface area contributed by atoms with Crippen LogP contribution in [0.1, 0.15) is 11.3 Å². The fraction of sp³-hybridized carbons (Fsp3) is 0.0588. The monoisotopic (exact) mass is 382 g/mol. The molecule has 0 fully saturated rings. The van der Waals surface area contributed by atoms with E-state index in [1.807, 2.05) is 6.07 Å². The number of aryl methyl sites for hydroxylation is 1. The van der Waals surface area contributed by atoms with Crippen molar-refractivity contribution in [2.24, 2.45) is 10.2 Å². The highest BCUT2D eigenvalue weighted by atomic mass is 32.2. The molecule has 0 aliphatic heterocycles. The van der Waals surface area contributed by atoms with Crippen LogP contribution in [0.2, 0.25) is 0 Å². The lowest BCUT2D eigenvalue weighted by Gasteiger charge is -2.12. The number of hydrogen-bond acceptors (Lipinski definition) is 7. The van der Waals surface area contributed by atoms with Gasteiger partial charge >= 0.3 is 0 Å². The number of nitriles is 1. The summed E-state index contributed by atoms with van der Waals surface area (Å²) in [6.45, 7) is 1.55. The molecule has 0 amide bonds. The van der Waals surface area contributed by atoms with Crippen LogP contribution in [-0.2, 0) is 10.1 Å². The smallest absolute Gasteiger partial charge is 0.299 e. The van der Waals surface area contributed by atoms with Crippen LogP contribution in [0.3, 0.4) is 0 Å². The van der Waals surface area contributed by atoms with E-state index in [4.69, 9.17) is 5.26 Å². The average Bonchev–Trinajstić information content (AvgIpc) is 2.93. The SMILES string of the molecule is Cc1[nH]n(-c2ccccc2S(=O)(=O)[O-])c(=O)c1N=Nc1ccccc1C#N. The molecule has 0 saturated heterocycles. The molecular formula is C17H12N5O4S-. The van der Waals surface area contributed by atoms with Gasteiger partial charge in [0.05, 0.1) is 21.8 Å². The van der Waals surface area contributed by atoms with Gasteiger partial charge in [-0.15, -0.1) is 10.2 Å². The van der Waals surface area contributed by atoms with Crippen LogP contribution >= 0.6 is 0 Å². The van der Waals surface area contributed by atoms with E-state index in [9.17, 15) is 17.8 Å². The first-order valence-electron chi connectivity index (χ1n) is 7.60. The Bertz CT molecular complexity index is 1250. The zero-order chi connectivity index (χ0) is 19.6. The highest BCUT2D eigenvalue weighted by Gasteiger charge is 2.17. The number of aromatic nitrogens is 2. The zero-order valence-corrected chi connectivity index (χ0v) is 14.8. The van der Waals surface area contributed by atoms with Crippen LogP contribution < -0.4 is 5.56 Å². The van der Waals surface area contributed by atoms with E-state index in [0.29, 0.717) is 5.69 Å². The van der Waals surface area contributed by atoms with E-state index in [-0.39, 0.29) is 22.6 Å². The fourth-order valence-electron chi connectivity index (χ4n) is 2.44. The van der Waals surface area contributed by atoms with Gasteiger partial charge in [-0.2, -0.15) is 5.26 Å². The van der Waals surface area contributed by atoms with Crippen LogP contribution in [0.4, 0.5) is 11.4 Å². The van der Waals surface area contributed by atoms with Crippen LogP contribution in [0.5, 0.6) is 0 Å². The summed E-state index contributed by atoms with van der Waals surface area (Å²) in [6, 6.07) is 13.8. The molecule has 0 saturated carbocycles. The van der Waals surface area contributed by atoms with Crippen LogP contribution in [0, 0.1) is 18.3 Å². The number of aromatic amines is 1. The second kappa shape index (κ2) is 6.99. The molecule has 27 heavy (non-hydrogen) atoms. The summed E-state index contributed by atoms with van der Waals surface area (Å²) in [7, 11) is -4.79. The van der Waals surface area contributed by atoms with Crippen molar-refractivity contribution < 1.29 is 13.0 Å². The van der Waals surface area contributed by atoms with Gasteiger partial charge in [0.25, 0.3) is 5.56 Å². The summed E-state index contributed by atoms with van der Waals surface area (Å²) in [4.78, 5) is 12.1. The van der Waals surface area contributed by atoms with Crippen molar-refractivity contribution >= 4 is 21.5 Å². The van der Waals surface area contributed by atoms with Gasteiger partial charge < -0.3 is 4.55 Å². The van der Waals surface area contributed by atoms with E-state index >= 15 is 0 Å². The highest BCUT2D eigenvalue weighted by molar-refractivity contribution is 7.85. The first-order valence-corrected chi connectivity index (χ1v) is 9.01. The van der Waals surface area contributed by atoms with Crippen molar-refractivity contribution in [3.05, 3.63) is 70.1 Å². The van der Waals surface area contributed by atoms with E-state index in [1.54, 1.807) is 31.2 Å². The van der Waals surface area contributed by atoms with E-state index in [0.717, 1.165) is 10.7 Å². The van der Waals surface area contributed by atoms with E-state index in [1.165, 1.54) is 18.2 Å². The third kappa shape index (κ3) is 3.55. The van der Waals surface area contributed by atoms with Gasteiger partial charge in [-0.1, -0.05) is 24.3 Å². The topological polar surface area (TPSA) is 144 Å². The predicted octanol–water partition coefficient (Wildman–Crippen LogP) is 2.67. The molecule has 0 atom stereocenters. The molecule has 1 N–H and O–H groups in total. The number of para-hydroxylation sites is 1. The second-order valence-corrected chi connectivity index (χ2v) is 6.82. The summed E-state index contributed by atoms with van der Waals surface area (Å²) in [5.41, 5.74) is 0.0324. The maximum atomic E-state index is 12.7. The van der Waals surface area contributed by atoms with Gasteiger partial charge in [0, 0.05) is 0 Å². The number of benzene rings is 2. The molecule has 10 heteroatoms. The first kappa shape index (κ1) is 18.2. The van der Waals surface area contributed by atoms with Gasteiger partial charge in [0.1, 0.15) is 21.9 Å². The predicted molar refractivity (Wildman–Crippen MR) is 94.4 cm³/mol. The number of H-pyrrole nitrogens is 1. The van der Waals surface area contributed by atoms with Crippen molar-refractivity contribution in [3.63, 3.8) is 0 Å². The second-order valence-electron chi connectivity index (χ2n) is 5.48. The third-order valence-corrected chi connectivity index (χ3v) is 4.58. The van der Waals surface area contributed by atoms with Gasteiger partial charge in [-0.3, -0.25) is 9.89 Å². The van der Waals surface area contributed by atoms with Gasteiger partial charge in [-0.25, -0.2) is 13.1 Å². The molecule has 1 heterocycles. The molecule has 9 nitrogen and oxygen atoms in total. The molecule has 2 aromatic carbocycles. The normalized spacial score (nSPS) is 11.6. The molecule has 136 valence electrons. The highest BCUT2D eigenvalue weighted by Crippen LogP contribution is 2.23. The Morgan fingerprint density at radius 3 is 2.48 bits per heavy atom. The minimum atomic E-state index is -4.79. The Morgan fingerprint density at radius 1 is 1.11 bits per heavy atom. The summed E-state index contributed by atoms with van der Waals surface area (Å²) >= 11 is 0. The zero-order valence-electron chi connectivity index (χ0n) is 13.9. The number of nitrogens with zero attached hydrogens (tertiary/aromatic N) is 4. The number of azo groups is 1. The van der Waals surface area contributed by atoms with Crippen molar-refractivity contribution in [1.82, 2.24) is 9.78 Å². The molecule has 0 bridgehead atoms. The van der Waals surface area contributed by atoms with Crippen molar-refractivity contribution in [3.8, 4) is 11.8 Å². The third-order valence-electron chi connectivity index (χ3n) is 3.70. The molecule has 0 radical (unpaired) electrons.